The van der Waals surface area contributed by atoms with Crippen molar-refractivity contribution in [2.24, 2.45) is 0 Å². The van der Waals surface area contributed by atoms with Gasteiger partial charge in [-0.15, -0.1) is 5.10 Å². The van der Waals surface area contributed by atoms with Crippen molar-refractivity contribution in [3.8, 4) is 0 Å². The Balaban J connectivity index is 1.61. The maximum absolute atomic E-state index is 13.5. The van der Waals surface area contributed by atoms with Crippen LogP contribution in [-0.2, 0) is 11.2 Å². The highest BCUT2D eigenvalue weighted by Gasteiger charge is 2.31. The first-order valence-corrected chi connectivity index (χ1v) is 9.09. The summed E-state index contributed by atoms with van der Waals surface area (Å²) < 4.78 is 33.7. The number of aryl methyl sites for hydroxylation is 1. The van der Waals surface area contributed by atoms with Gasteiger partial charge in [0.2, 0.25) is 10.1 Å². The predicted octanol–water partition coefficient (Wildman–Crippen LogP) is 2.93. The van der Waals surface area contributed by atoms with Crippen LogP contribution in [0.25, 0.3) is 4.96 Å². The molecule has 0 spiro atoms. The van der Waals surface area contributed by atoms with Crippen molar-refractivity contribution < 1.29 is 13.5 Å². The number of anilines is 1. The van der Waals surface area contributed by atoms with Gasteiger partial charge in [0.1, 0.15) is 6.10 Å². The molecule has 3 aromatic rings. The summed E-state index contributed by atoms with van der Waals surface area (Å²) in [4.78, 5) is 17.0. The Hall–Kier alpha value is -2.39. The van der Waals surface area contributed by atoms with Crippen LogP contribution in [-0.4, -0.2) is 27.2 Å². The summed E-state index contributed by atoms with van der Waals surface area (Å²) >= 11 is 1.27. The molecule has 6 nitrogen and oxygen atoms in total. The van der Waals surface area contributed by atoms with Gasteiger partial charge < -0.3 is 10.1 Å². The number of fused-ring (bicyclic) bond motifs is 1. The number of halogens is 2. The zero-order chi connectivity index (χ0) is 18.3. The highest BCUT2D eigenvalue weighted by molar-refractivity contribution is 7.20. The van der Waals surface area contributed by atoms with Crippen LogP contribution in [0.1, 0.15) is 30.7 Å². The molecular formula is C17H16F2N4O2S. The maximum Gasteiger partial charge on any atom is 0.275 e. The number of aromatic nitrogens is 3. The second-order valence-corrected chi connectivity index (χ2v) is 7.00. The van der Waals surface area contributed by atoms with E-state index < -0.39 is 17.7 Å². The number of ether oxygens (including phenoxy) is 1. The summed E-state index contributed by atoms with van der Waals surface area (Å²) in [6.45, 7) is 2.42. The normalized spacial score (nSPS) is 20.0. The van der Waals surface area contributed by atoms with E-state index in [0.717, 1.165) is 12.1 Å². The SMILES string of the molecule is CCc1cc(=O)n2nc(NC3CCOC3c3ccc(F)c(F)c3)sc2n1. The Kier molecular flexibility index (Phi) is 4.41. The Morgan fingerprint density at radius 2 is 2.19 bits per heavy atom. The number of benzene rings is 1. The topological polar surface area (TPSA) is 68.5 Å². The molecule has 0 aliphatic carbocycles. The van der Waals surface area contributed by atoms with Gasteiger partial charge in [0.15, 0.2) is 11.6 Å². The molecule has 1 saturated heterocycles. The summed E-state index contributed by atoms with van der Waals surface area (Å²) in [5.74, 6) is -1.79. The van der Waals surface area contributed by atoms with Crippen LogP contribution in [0, 0.1) is 11.6 Å². The summed E-state index contributed by atoms with van der Waals surface area (Å²) in [5, 5.41) is 8.05. The lowest BCUT2D eigenvalue weighted by Crippen LogP contribution is -2.23. The van der Waals surface area contributed by atoms with Crippen LogP contribution < -0.4 is 10.9 Å². The Bertz CT molecular complexity index is 1020. The molecule has 0 radical (unpaired) electrons. The van der Waals surface area contributed by atoms with E-state index in [-0.39, 0.29) is 11.6 Å². The van der Waals surface area contributed by atoms with E-state index in [2.05, 4.69) is 15.4 Å². The second kappa shape index (κ2) is 6.73. The minimum Gasteiger partial charge on any atom is -0.371 e. The third-order valence-corrected chi connectivity index (χ3v) is 5.17. The van der Waals surface area contributed by atoms with Gasteiger partial charge in [-0.25, -0.2) is 13.8 Å². The van der Waals surface area contributed by atoms with Crippen molar-refractivity contribution in [2.45, 2.75) is 31.9 Å². The largest absolute Gasteiger partial charge is 0.371 e. The third-order valence-electron chi connectivity index (χ3n) is 4.33. The average molecular weight is 378 g/mol. The highest BCUT2D eigenvalue weighted by atomic mass is 32.1. The first kappa shape index (κ1) is 17.0. The molecule has 1 aromatic carbocycles. The van der Waals surface area contributed by atoms with Gasteiger partial charge in [0, 0.05) is 18.4 Å². The number of nitrogens with one attached hydrogen (secondary N) is 1. The molecule has 1 fully saturated rings. The minimum atomic E-state index is -0.903. The van der Waals surface area contributed by atoms with Crippen LogP contribution in [0.3, 0.4) is 0 Å². The first-order valence-electron chi connectivity index (χ1n) is 8.28. The zero-order valence-corrected chi connectivity index (χ0v) is 14.7. The fraction of sp³-hybridized carbons (Fsp3) is 0.353. The molecule has 0 amide bonds. The van der Waals surface area contributed by atoms with Crippen molar-refractivity contribution in [3.05, 3.63) is 57.5 Å². The van der Waals surface area contributed by atoms with E-state index in [1.165, 1.54) is 28.0 Å². The van der Waals surface area contributed by atoms with Crippen LogP contribution in [0.2, 0.25) is 0 Å². The van der Waals surface area contributed by atoms with Crippen molar-refractivity contribution in [1.29, 1.82) is 0 Å². The lowest BCUT2D eigenvalue weighted by molar-refractivity contribution is 0.107. The van der Waals surface area contributed by atoms with Gasteiger partial charge >= 0.3 is 0 Å². The number of hydrogen-bond donors (Lipinski definition) is 1. The van der Waals surface area contributed by atoms with Crippen molar-refractivity contribution in [1.82, 2.24) is 14.6 Å². The van der Waals surface area contributed by atoms with Gasteiger partial charge in [0.25, 0.3) is 5.56 Å². The standard InChI is InChI=1S/C17H16F2N4O2S/c1-2-10-8-14(24)23-17(20-10)26-16(22-23)21-13-5-6-25-15(13)9-3-4-11(18)12(19)7-9/h3-4,7-8,13,15H,2,5-6H2,1H3,(H,21,22). The van der Waals surface area contributed by atoms with Crippen LogP contribution in [0.4, 0.5) is 13.9 Å². The lowest BCUT2D eigenvalue weighted by Gasteiger charge is -2.19. The highest BCUT2D eigenvalue weighted by Crippen LogP contribution is 2.33. The average Bonchev–Trinajstić information content (AvgIpc) is 3.24. The molecule has 0 saturated carbocycles. The zero-order valence-electron chi connectivity index (χ0n) is 13.9. The summed E-state index contributed by atoms with van der Waals surface area (Å²) in [7, 11) is 0. The Morgan fingerprint density at radius 3 is 2.96 bits per heavy atom. The number of nitrogens with zero attached hydrogens (tertiary/aromatic N) is 3. The fourth-order valence-electron chi connectivity index (χ4n) is 3.01. The van der Waals surface area contributed by atoms with E-state index in [1.54, 1.807) is 0 Å². The summed E-state index contributed by atoms with van der Waals surface area (Å²) in [5.41, 5.74) is 1.05. The van der Waals surface area contributed by atoms with E-state index in [4.69, 9.17) is 4.74 Å². The molecule has 1 aliphatic heterocycles. The van der Waals surface area contributed by atoms with Gasteiger partial charge in [-0.2, -0.15) is 4.52 Å². The Morgan fingerprint density at radius 1 is 1.35 bits per heavy atom. The van der Waals surface area contributed by atoms with Gasteiger partial charge in [-0.1, -0.05) is 24.3 Å². The van der Waals surface area contributed by atoms with E-state index in [0.29, 0.717) is 40.8 Å². The quantitative estimate of drug-likeness (QED) is 0.756. The monoisotopic (exact) mass is 378 g/mol. The predicted molar refractivity (Wildman–Crippen MR) is 93.6 cm³/mol. The van der Waals surface area contributed by atoms with Crippen LogP contribution >= 0.6 is 11.3 Å². The molecular weight excluding hydrogens is 362 g/mol. The molecule has 2 aromatic heterocycles. The van der Waals surface area contributed by atoms with Gasteiger partial charge in [-0.05, 0) is 30.5 Å². The molecule has 136 valence electrons. The molecule has 4 rings (SSSR count). The maximum atomic E-state index is 13.5. The molecule has 1 N–H and O–H groups in total. The van der Waals surface area contributed by atoms with Crippen LogP contribution in [0.5, 0.6) is 0 Å². The smallest absolute Gasteiger partial charge is 0.275 e. The lowest BCUT2D eigenvalue weighted by atomic mass is 10.0. The third kappa shape index (κ3) is 3.08. The molecule has 26 heavy (non-hydrogen) atoms. The first-order chi connectivity index (χ1) is 12.5. The molecule has 2 unspecified atom stereocenters. The summed E-state index contributed by atoms with van der Waals surface area (Å²) in [6, 6.07) is 5.07. The van der Waals surface area contributed by atoms with E-state index in [1.807, 2.05) is 6.92 Å². The van der Waals surface area contributed by atoms with E-state index >= 15 is 0 Å². The molecule has 9 heteroatoms. The van der Waals surface area contributed by atoms with E-state index in [9.17, 15) is 13.6 Å². The molecule has 1 aliphatic rings. The second-order valence-electron chi connectivity index (χ2n) is 6.05. The molecule has 0 bridgehead atoms. The van der Waals surface area contributed by atoms with Crippen molar-refractivity contribution in [3.63, 3.8) is 0 Å². The Labute approximate surface area is 151 Å². The number of hydrogen-bond acceptors (Lipinski definition) is 6. The van der Waals surface area contributed by atoms with Crippen molar-refractivity contribution >= 4 is 21.4 Å². The number of rotatable bonds is 4. The fourth-order valence-corrected chi connectivity index (χ4v) is 3.90. The summed E-state index contributed by atoms with van der Waals surface area (Å²) in [6.07, 6.45) is 0.927. The van der Waals surface area contributed by atoms with Crippen LogP contribution in [0.15, 0.2) is 29.1 Å². The molecule has 2 atom stereocenters. The minimum absolute atomic E-state index is 0.165. The van der Waals surface area contributed by atoms with Crippen molar-refractivity contribution in [2.75, 3.05) is 11.9 Å². The molecule has 3 heterocycles. The van der Waals surface area contributed by atoms with Gasteiger partial charge in [-0.3, -0.25) is 4.79 Å². The van der Waals surface area contributed by atoms with Gasteiger partial charge in [0.05, 0.1) is 6.04 Å².